The summed E-state index contributed by atoms with van der Waals surface area (Å²) in [5.41, 5.74) is 0. The van der Waals surface area contributed by atoms with Crippen molar-refractivity contribution in [3.8, 4) is 0 Å². The van der Waals surface area contributed by atoms with Gasteiger partial charge in [-0.05, 0) is 26.0 Å². The second kappa shape index (κ2) is 6.51. The largest absolute Gasteiger partial charge is 0.337 e. The molecule has 7 heteroatoms. The molecule has 6 nitrogen and oxygen atoms in total. The molecule has 0 bridgehead atoms. The Morgan fingerprint density at radius 2 is 2.30 bits per heavy atom. The number of aromatic nitrogens is 3. The van der Waals surface area contributed by atoms with Gasteiger partial charge < -0.3 is 9.42 Å². The van der Waals surface area contributed by atoms with E-state index in [0.717, 1.165) is 5.03 Å². The summed E-state index contributed by atoms with van der Waals surface area (Å²) in [5, 5.41) is 4.56. The van der Waals surface area contributed by atoms with E-state index in [0.29, 0.717) is 17.5 Å². The van der Waals surface area contributed by atoms with Crippen LogP contribution in [0.25, 0.3) is 0 Å². The first kappa shape index (κ1) is 14.5. The van der Waals surface area contributed by atoms with Gasteiger partial charge in [0.15, 0.2) is 5.82 Å². The van der Waals surface area contributed by atoms with Crippen LogP contribution in [0.1, 0.15) is 24.7 Å². The third-order valence-electron chi connectivity index (χ3n) is 2.86. The van der Waals surface area contributed by atoms with Crippen molar-refractivity contribution < 1.29 is 9.32 Å². The van der Waals surface area contributed by atoms with Crippen LogP contribution >= 0.6 is 11.8 Å². The summed E-state index contributed by atoms with van der Waals surface area (Å²) in [6, 6.07) is 5.38. The highest BCUT2D eigenvalue weighted by atomic mass is 32.2. The number of hydrogen-bond donors (Lipinski definition) is 0. The molecule has 0 saturated heterocycles. The number of nitrogens with zero attached hydrogens (tertiary/aromatic N) is 4. The zero-order chi connectivity index (χ0) is 14.5. The Bertz CT molecular complexity index is 573. The molecule has 106 valence electrons. The van der Waals surface area contributed by atoms with Gasteiger partial charge in [0.05, 0.1) is 10.8 Å². The first-order valence-corrected chi connectivity index (χ1v) is 7.16. The fourth-order valence-electron chi connectivity index (χ4n) is 1.53. The van der Waals surface area contributed by atoms with Crippen LogP contribution in [-0.2, 0) is 4.79 Å². The summed E-state index contributed by atoms with van der Waals surface area (Å²) in [6.07, 6.45) is 1.71. The maximum Gasteiger partial charge on any atom is 0.249 e. The minimum atomic E-state index is -0.243. The second-order valence-corrected chi connectivity index (χ2v) is 5.31. The normalized spacial score (nSPS) is 12.2. The summed E-state index contributed by atoms with van der Waals surface area (Å²) in [5.74, 6) is 1.33. The molecular weight excluding hydrogens is 276 g/mol. The van der Waals surface area contributed by atoms with E-state index in [1.165, 1.54) is 11.8 Å². The molecule has 1 amide bonds. The van der Waals surface area contributed by atoms with Gasteiger partial charge in [-0.2, -0.15) is 4.98 Å². The van der Waals surface area contributed by atoms with E-state index in [9.17, 15) is 4.79 Å². The zero-order valence-electron chi connectivity index (χ0n) is 11.6. The lowest BCUT2D eigenvalue weighted by Crippen LogP contribution is -2.31. The minimum absolute atomic E-state index is 0.0102. The molecule has 0 saturated carbocycles. The molecule has 0 fully saturated rings. The SMILES string of the molecule is Cc1noc([C@H](C)N(C)C(=O)CSc2ccccn2)n1. The van der Waals surface area contributed by atoms with E-state index < -0.39 is 0 Å². The predicted octanol–water partition coefficient (Wildman–Crippen LogP) is 2.08. The van der Waals surface area contributed by atoms with Crippen molar-refractivity contribution in [1.82, 2.24) is 20.0 Å². The van der Waals surface area contributed by atoms with Gasteiger partial charge in [0.1, 0.15) is 6.04 Å². The third-order valence-corrected chi connectivity index (χ3v) is 3.78. The molecule has 1 atom stereocenters. The maximum absolute atomic E-state index is 12.1. The maximum atomic E-state index is 12.1. The third kappa shape index (κ3) is 3.57. The Hall–Kier alpha value is -1.89. The Morgan fingerprint density at radius 1 is 1.50 bits per heavy atom. The van der Waals surface area contributed by atoms with Gasteiger partial charge in [-0.25, -0.2) is 4.98 Å². The number of pyridine rings is 1. The minimum Gasteiger partial charge on any atom is -0.337 e. The van der Waals surface area contributed by atoms with Gasteiger partial charge in [0.2, 0.25) is 11.8 Å². The number of carbonyl (C=O) groups is 1. The molecule has 2 heterocycles. The molecule has 0 unspecified atom stereocenters. The van der Waals surface area contributed by atoms with Crippen molar-refractivity contribution in [3.63, 3.8) is 0 Å². The molecule has 0 aliphatic heterocycles. The van der Waals surface area contributed by atoms with Gasteiger partial charge in [-0.1, -0.05) is 23.0 Å². The smallest absolute Gasteiger partial charge is 0.249 e. The van der Waals surface area contributed by atoms with Crippen LogP contribution in [0, 0.1) is 6.92 Å². The molecule has 0 radical (unpaired) electrons. The summed E-state index contributed by atoms with van der Waals surface area (Å²) in [6.45, 7) is 3.61. The fraction of sp³-hybridized carbons (Fsp3) is 0.385. The highest BCUT2D eigenvalue weighted by Crippen LogP contribution is 2.20. The van der Waals surface area contributed by atoms with Gasteiger partial charge in [0, 0.05) is 13.2 Å². The topological polar surface area (TPSA) is 72.1 Å². The van der Waals surface area contributed by atoms with E-state index in [1.54, 1.807) is 25.1 Å². The first-order valence-electron chi connectivity index (χ1n) is 6.17. The van der Waals surface area contributed by atoms with E-state index in [-0.39, 0.29) is 11.9 Å². The van der Waals surface area contributed by atoms with Gasteiger partial charge in [-0.15, -0.1) is 0 Å². The number of aryl methyl sites for hydroxylation is 1. The summed E-state index contributed by atoms with van der Waals surface area (Å²) in [7, 11) is 1.73. The number of carbonyl (C=O) groups excluding carboxylic acids is 1. The molecule has 2 aromatic rings. The average Bonchev–Trinajstić information content (AvgIpc) is 2.91. The summed E-state index contributed by atoms with van der Waals surface area (Å²) in [4.78, 5) is 22.0. The summed E-state index contributed by atoms with van der Waals surface area (Å²) < 4.78 is 5.09. The van der Waals surface area contributed by atoms with Crippen molar-refractivity contribution in [2.75, 3.05) is 12.8 Å². The van der Waals surface area contributed by atoms with E-state index >= 15 is 0 Å². The van der Waals surface area contributed by atoms with Crippen LogP contribution in [0.5, 0.6) is 0 Å². The van der Waals surface area contributed by atoms with Gasteiger partial charge >= 0.3 is 0 Å². The van der Waals surface area contributed by atoms with Crippen molar-refractivity contribution in [1.29, 1.82) is 0 Å². The highest BCUT2D eigenvalue weighted by molar-refractivity contribution is 7.99. The number of thioether (sulfide) groups is 1. The molecule has 2 rings (SSSR count). The monoisotopic (exact) mass is 292 g/mol. The van der Waals surface area contributed by atoms with Crippen LogP contribution in [0.2, 0.25) is 0 Å². The molecule has 0 aromatic carbocycles. The van der Waals surface area contributed by atoms with Crippen LogP contribution < -0.4 is 0 Å². The lowest BCUT2D eigenvalue weighted by molar-refractivity contribution is -0.129. The fourth-order valence-corrected chi connectivity index (χ4v) is 2.32. The van der Waals surface area contributed by atoms with Crippen molar-refractivity contribution in [3.05, 3.63) is 36.1 Å². The van der Waals surface area contributed by atoms with Crippen molar-refractivity contribution in [2.45, 2.75) is 24.9 Å². The molecule has 20 heavy (non-hydrogen) atoms. The summed E-state index contributed by atoms with van der Waals surface area (Å²) >= 11 is 1.41. The van der Waals surface area contributed by atoms with Crippen LogP contribution in [-0.4, -0.2) is 38.7 Å². The zero-order valence-corrected chi connectivity index (χ0v) is 12.4. The molecule has 0 aliphatic rings. The molecule has 0 aliphatic carbocycles. The number of hydrogen-bond acceptors (Lipinski definition) is 6. The van der Waals surface area contributed by atoms with Gasteiger partial charge in [0.25, 0.3) is 0 Å². The predicted molar refractivity (Wildman–Crippen MR) is 75.2 cm³/mol. The standard InChI is InChI=1S/C13H16N4O2S/c1-9(13-15-10(2)16-19-13)17(3)12(18)8-20-11-6-4-5-7-14-11/h4-7,9H,8H2,1-3H3/t9-/m0/s1. The first-order chi connectivity index (χ1) is 9.58. The second-order valence-electron chi connectivity index (χ2n) is 4.32. The Balaban J connectivity index is 1.91. The Labute approximate surface area is 121 Å². The quantitative estimate of drug-likeness (QED) is 0.786. The van der Waals surface area contributed by atoms with Gasteiger partial charge in [-0.3, -0.25) is 4.79 Å². The lowest BCUT2D eigenvalue weighted by Gasteiger charge is -2.21. The van der Waals surface area contributed by atoms with Crippen LogP contribution in [0.15, 0.2) is 33.9 Å². The average molecular weight is 292 g/mol. The van der Waals surface area contributed by atoms with Crippen LogP contribution in [0.3, 0.4) is 0 Å². The molecule has 0 N–H and O–H groups in total. The van der Waals surface area contributed by atoms with E-state index in [2.05, 4.69) is 15.1 Å². The van der Waals surface area contributed by atoms with Crippen LogP contribution in [0.4, 0.5) is 0 Å². The van der Waals surface area contributed by atoms with Crippen molar-refractivity contribution in [2.24, 2.45) is 0 Å². The number of amides is 1. The molecular formula is C13H16N4O2S. The van der Waals surface area contributed by atoms with Crippen molar-refractivity contribution >= 4 is 17.7 Å². The van der Waals surface area contributed by atoms with E-state index in [4.69, 9.17) is 4.52 Å². The Kier molecular flexibility index (Phi) is 4.73. The molecule has 0 spiro atoms. The number of rotatable bonds is 5. The Morgan fingerprint density at radius 3 is 2.90 bits per heavy atom. The highest BCUT2D eigenvalue weighted by Gasteiger charge is 2.22. The lowest BCUT2D eigenvalue weighted by atomic mass is 10.3. The molecule has 2 aromatic heterocycles. The van der Waals surface area contributed by atoms with E-state index in [1.807, 2.05) is 25.1 Å².